The Morgan fingerprint density at radius 2 is 1.96 bits per heavy atom. The van der Waals surface area contributed by atoms with E-state index in [-0.39, 0.29) is 29.0 Å². The van der Waals surface area contributed by atoms with Crippen molar-refractivity contribution >= 4 is 11.5 Å². The maximum atomic E-state index is 12.6. The van der Waals surface area contributed by atoms with Crippen LogP contribution in [0.15, 0.2) is 5.16 Å². The monoisotopic (exact) mass is 388 g/mol. The molecule has 0 bridgehead atoms. The van der Waals surface area contributed by atoms with Gasteiger partial charge in [-0.2, -0.15) is 0 Å². The molecule has 0 amide bonds. The first-order chi connectivity index (χ1) is 13.4. The van der Waals surface area contributed by atoms with E-state index in [1.165, 1.54) is 0 Å². The Morgan fingerprint density at radius 3 is 2.75 bits per heavy atom. The number of carbonyl (C=O) groups excluding carboxylic acids is 1. The van der Waals surface area contributed by atoms with Crippen molar-refractivity contribution in [1.82, 2.24) is 5.32 Å². The van der Waals surface area contributed by atoms with E-state index in [0.29, 0.717) is 23.5 Å². The van der Waals surface area contributed by atoms with Crippen LogP contribution in [0.5, 0.6) is 0 Å². The Morgan fingerprint density at radius 1 is 1.11 bits per heavy atom. The third kappa shape index (κ3) is 2.79. The van der Waals surface area contributed by atoms with Gasteiger partial charge in [-0.1, -0.05) is 19.0 Å². The minimum Gasteiger partial charge on any atom is -0.393 e. The molecular weight excluding hydrogens is 352 g/mol. The Hall–Kier alpha value is -0.940. The van der Waals surface area contributed by atoms with E-state index >= 15 is 0 Å². The average molecular weight is 389 g/mol. The summed E-state index contributed by atoms with van der Waals surface area (Å²) in [5.74, 6) is 2.41. The first-order valence-corrected chi connectivity index (χ1v) is 11.6. The summed E-state index contributed by atoms with van der Waals surface area (Å²) in [6.45, 7) is 6.55. The number of nitrogens with zero attached hydrogens (tertiary/aromatic N) is 1. The standard InChI is InChI=1S/C23H36N2O3/c1-22-8-5-14(25-28-15-7-10-24-13-15)11-19(22)20(26)12-16-17-3-4-21(27)23(17,2)9-6-18(16)22/h15-20,24,26H,3-13H2,1-2H3/b25-14-/t15-,16+,17+,18-,19?,20?,22-,23+/m1/s1. The van der Waals surface area contributed by atoms with Gasteiger partial charge in [0.15, 0.2) is 0 Å². The lowest BCUT2D eigenvalue weighted by Crippen LogP contribution is -2.57. The SMILES string of the molecule is C[C@]12CC/C(=N/O[C@@H]3CCNC3)CC1C(O)C[C@@H]1[C@H]2CC[C@]2(C)C(=O)CC[C@@H]12. The van der Waals surface area contributed by atoms with Crippen LogP contribution in [-0.4, -0.2) is 41.9 Å². The van der Waals surface area contributed by atoms with Gasteiger partial charge in [-0.3, -0.25) is 4.79 Å². The van der Waals surface area contributed by atoms with Crippen LogP contribution in [0.4, 0.5) is 0 Å². The molecule has 0 aromatic carbocycles. The molecule has 1 heterocycles. The van der Waals surface area contributed by atoms with Crippen LogP contribution >= 0.6 is 0 Å². The lowest BCUT2D eigenvalue weighted by atomic mass is 9.44. The summed E-state index contributed by atoms with van der Waals surface area (Å²) in [6, 6.07) is 0. The number of nitrogens with one attached hydrogen (secondary N) is 1. The maximum absolute atomic E-state index is 12.6. The molecular formula is C23H36N2O3. The zero-order valence-electron chi connectivity index (χ0n) is 17.5. The number of rotatable bonds is 2. The third-order valence-corrected chi connectivity index (χ3v) is 9.57. The van der Waals surface area contributed by atoms with Crippen molar-refractivity contribution in [2.75, 3.05) is 13.1 Å². The van der Waals surface area contributed by atoms with Crippen LogP contribution in [0, 0.1) is 34.5 Å². The second-order valence-corrected chi connectivity index (χ2v) is 10.8. The van der Waals surface area contributed by atoms with Crippen molar-refractivity contribution in [2.24, 2.45) is 39.7 Å². The first-order valence-electron chi connectivity index (χ1n) is 11.6. The lowest BCUT2D eigenvalue weighted by molar-refractivity contribution is -0.153. The van der Waals surface area contributed by atoms with Gasteiger partial charge >= 0.3 is 0 Å². The molecule has 5 aliphatic rings. The quantitative estimate of drug-likeness (QED) is 0.712. The van der Waals surface area contributed by atoms with E-state index in [1.54, 1.807) is 0 Å². The van der Waals surface area contributed by atoms with Crippen molar-refractivity contribution in [2.45, 2.75) is 83.8 Å². The van der Waals surface area contributed by atoms with Gasteiger partial charge in [0, 0.05) is 24.8 Å². The maximum Gasteiger partial charge on any atom is 0.141 e. The van der Waals surface area contributed by atoms with Gasteiger partial charge in [0.1, 0.15) is 11.9 Å². The largest absolute Gasteiger partial charge is 0.393 e. The summed E-state index contributed by atoms with van der Waals surface area (Å²) < 4.78 is 0. The molecule has 1 aliphatic heterocycles. The fourth-order valence-corrected chi connectivity index (χ4v) is 7.82. The number of aliphatic hydroxyl groups is 1. The Labute approximate surface area is 168 Å². The van der Waals surface area contributed by atoms with E-state index in [0.717, 1.165) is 76.6 Å². The summed E-state index contributed by atoms with van der Waals surface area (Å²) in [7, 11) is 0. The number of ketones is 1. The van der Waals surface area contributed by atoms with Crippen molar-refractivity contribution in [3.05, 3.63) is 0 Å². The van der Waals surface area contributed by atoms with Gasteiger partial charge in [-0.15, -0.1) is 0 Å². The molecule has 4 aliphatic carbocycles. The second kappa shape index (κ2) is 6.80. The molecule has 2 N–H and O–H groups in total. The molecule has 0 spiro atoms. The van der Waals surface area contributed by atoms with E-state index in [2.05, 4.69) is 24.3 Å². The lowest BCUT2D eigenvalue weighted by Gasteiger charge is -2.60. The van der Waals surface area contributed by atoms with Crippen LogP contribution in [-0.2, 0) is 9.63 Å². The number of aliphatic hydroxyl groups excluding tert-OH is 1. The number of hydrogen-bond acceptors (Lipinski definition) is 5. The third-order valence-electron chi connectivity index (χ3n) is 9.57. The van der Waals surface area contributed by atoms with E-state index < -0.39 is 0 Å². The molecule has 1 saturated heterocycles. The molecule has 5 nitrogen and oxygen atoms in total. The Bertz CT molecular complexity index is 673. The van der Waals surface area contributed by atoms with Crippen LogP contribution in [0.1, 0.15) is 71.6 Å². The topological polar surface area (TPSA) is 70.9 Å². The summed E-state index contributed by atoms with van der Waals surface area (Å²) in [4.78, 5) is 18.4. The molecule has 0 aromatic heterocycles. The van der Waals surface area contributed by atoms with Crippen molar-refractivity contribution in [3.8, 4) is 0 Å². The van der Waals surface area contributed by atoms with Gasteiger partial charge in [0.2, 0.25) is 0 Å². The Balaban J connectivity index is 1.34. The summed E-state index contributed by atoms with van der Waals surface area (Å²) >= 11 is 0. The van der Waals surface area contributed by atoms with E-state index in [1.807, 2.05) is 0 Å². The van der Waals surface area contributed by atoms with Crippen LogP contribution in [0.3, 0.4) is 0 Å². The molecule has 4 saturated carbocycles. The second-order valence-electron chi connectivity index (χ2n) is 10.8. The molecule has 2 unspecified atom stereocenters. The van der Waals surface area contributed by atoms with E-state index in [4.69, 9.17) is 4.84 Å². The molecule has 0 radical (unpaired) electrons. The normalized spacial score (nSPS) is 52.2. The van der Waals surface area contributed by atoms with Gasteiger partial charge in [-0.05, 0) is 80.6 Å². The van der Waals surface area contributed by atoms with Crippen molar-refractivity contribution in [1.29, 1.82) is 0 Å². The Kier molecular flexibility index (Phi) is 4.63. The molecule has 28 heavy (non-hydrogen) atoms. The molecule has 8 atom stereocenters. The molecule has 0 aromatic rings. The fourth-order valence-electron chi connectivity index (χ4n) is 7.82. The summed E-state index contributed by atoms with van der Waals surface area (Å²) in [5.41, 5.74) is 1.20. The fraction of sp³-hybridized carbons (Fsp3) is 0.913. The number of oxime groups is 1. The van der Waals surface area contributed by atoms with Crippen LogP contribution < -0.4 is 5.32 Å². The summed E-state index contributed by atoms with van der Waals surface area (Å²) in [6.07, 6.45) is 8.80. The number of Topliss-reactive ketones (excluding diaryl/α,β-unsaturated/α-hetero) is 1. The predicted molar refractivity (Wildman–Crippen MR) is 108 cm³/mol. The smallest absolute Gasteiger partial charge is 0.141 e. The highest BCUT2D eigenvalue weighted by atomic mass is 16.6. The van der Waals surface area contributed by atoms with Gasteiger partial charge in [-0.25, -0.2) is 0 Å². The van der Waals surface area contributed by atoms with Crippen LogP contribution in [0.2, 0.25) is 0 Å². The van der Waals surface area contributed by atoms with Gasteiger partial charge < -0.3 is 15.3 Å². The summed E-state index contributed by atoms with van der Waals surface area (Å²) in [5, 5.41) is 19.0. The van der Waals surface area contributed by atoms with E-state index in [9.17, 15) is 9.90 Å². The van der Waals surface area contributed by atoms with Crippen molar-refractivity contribution in [3.63, 3.8) is 0 Å². The minimum atomic E-state index is -0.275. The average Bonchev–Trinajstić information content (AvgIpc) is 3.29. The number of fused-ring (bicyclic) bond motifs is 5. The zero-order chi connectivity index (χ0) is 19.5. The number of hydrogen-bond donors (Lipinski definition) is 2. The van der Waals surface area contributed by atoms with Gasteiger partial charge in [0.05, 0.1) is 11.8 Å². The molecule has 5 heteroatoms. The first kappa shape index (κ1) is 19.0. The highest BCUT2D eigenvalue weighted by molar-refractivity contribution is 5.87. The molecule has 5 fully saturated rings. The molecule has 5 rings (SSSR count). The minimum absolute atomic E-state index is 0.117. The van der Waals surface area contributed by atoms with Gasteiger partial charge in [0.25, 0.3) is 0 Å². The number of carbonyl (C=O) groups is 1. The highest BCUT2D eigenvalue weighted by Crippen LogP contribution is 2.65. The molecule has 156 valence electrons. The highest BCUT2D eigenvalue weighted by Gasteiger charge is 2.61. The van der Waals surface area contributed by atoms with Crippen LogP contribution in [0.25, 0.3) is 0 Å². The predicted octanol–water partition coefficient (Wildman–Crippen LogP) is 3.30. The zero-order valence-corrected chi connectivity index (χ0v) is 17.5. The van der Waals surface area contributed by atoms with Crippen molar-refractivity contribution < 1.29 is 14.7 Å².